The zero-order valence-electron chi connectivity index (χ0n) is 19.0. The van der Waals surface area contributed by atoms with Gasteiger partial charge in [0.25, 0.3) is 0 Å². The fraction of sp³-hybridized carbons (Fsp3) is 0.138. The smallest absolute Gasteiger partial charge is 0.337 e. The molecule has 0 amide bonds. The molecule has 0 bridgehead atoms. The number of nitrogens with zero attached hydrogens (tertiary/aromatic N) is 1. The molecule has 1 aliphatic carbocycles. The number of aromatic nitrogens is 1. The molecule has 1 aromatic heterocycles. The lowest BCUT2D eigenvalue weighted by atomic mass is 9.71. The van der Waals surface area contributed by atoms with Crippen LogP contribution in [0.2, 0.25) is 0 Å². The summed E-state index contributed by atoms with van der Waals surface area (Å²) in [6, 6.07) is 18.4. The van der Waals surface area contributed by atoms with Crippen molar-refractivity contribution in [1.82, 2.24) is 4.98 Å². The summed E-state index contributed by atoms with van der Waals surface area (Å²) >= 11 is 0. The average Bonchev–Trinajstić information content (AvgIpc) is 2.83. The average molecular weight is 449 g/mol. The van der Waals surface area contributed by atoms with Gasteiger partial charge in [-0.3, -0.25) is 9.78 Å². The summed E-state index contributed by atoms with van der Waals surface area (Å²) in [5.74, 6) is -1.46. The number of carboxylic acids is 1. The lowest BCUT2D eigenvalue weighted by molar-refractivity contribution is 0.0698. The molecule has 0 spiro atoms. The number of rotatable bonds is 4. The van der Waals surface area contributed by atoms with Crippen molar-refractivity contribution < 1.29 is 14.7 Å². The zero-order chi connectivity index (χ0) is 24.0. The third kappa shape index (κ3) is 3.46. The summed E-state index contributed by atoms with van der Waals surface area (Å²) in [5.41, 5.74) is 10.7. The highest BCUT2D eigenvalue weighted by atomic mass is 16.4. The number of carbonyl (C=O) groups is 2. The topological polar surface area (TPSA) is 93.3 Å². The Balaban J connectivity index is 1.68. The fourth-order valence-electron chi connectivity index (χ4n) is 4.77. The minimum atomic E-state index is -1.16. The number of hydrogen-bond acceptors (Lipinski definition) is 4. The van der Waals surface area contributed by atoms with Gasteiger partial charge in [0.1, 0.15) is 0 Å². The SMILES string of the molecule is CC1(C)CC=C(c2cncc3ccccc23)c2cc(C(=O)c3cccc(C(=O)O)c3N)ccc21. The van der Waals surface area contributed by atoms with Crippen LogP contribution in [0.4, 0.5) is 5.69 Å². The van der Waals surface area contributed by atoms with Crippen LogP contribution in [0.1, 0.15) is 63.2 Å². The van der Waals surface area contributed by atoms with Gasteiger partial charge in [-0.1, -0.05) is 62.4 Å². The molecule has 3 N–H and O–H groups in total. The predicted octanol–water partition coefficient (Wildman–Crippen LogP) is 5.86. The number of benzene rings is 3. The van der Waals surface area contributed by atoms with E-state index in [1.54, 1.807) is 18.2 Å². The molecule has 0 saturated carbocycles. The van der Waals surface area contributed by atoms with E-state index in [2.05, 4.69) is 31.0 Å². The maximum absolute atomic E-state index is 13.4. The van der Waals surface area contributed by atoms with Crippen molar-refractivity contribution in [3.63, 3.8) is 0 Å². The highest BCUT2D eigenvalue weighted by molar-refractivity contribution is 6.15. The monoisotopic (exact) mass is 448 g/mol. The number of nitrogen functional groups attached to an aromatic ring is 1. The number of allylic oxidation sites excluding steroid dienone is 1. The van der Waals surface area contributed by atoms with Gasteiger partial charge in [0.15, 0.2) is 5.78 Å². The molecular weight excluding hydrogens is 424 g/mol. The molecule has 0 atom stereocenters. The number of pyridine rings is 1. The van der Waals surface area contributed by atoms with Crippen molar-refractivity contribution in [2.24, 2.45) is 0 Å². The number of carboxylic acid groups (broad SMARTS) is 1. The number of nitrogens with two attached hydrogens (primary N) is 1. The van der Waals surface area contributed by atoms with E-state index >= 15 is 0 Å². The first-order valence-corrected chi connectivity index (χ1v) is 11.1. The van der Waals surface area contributed by atoms with Gasteiger partial charge in [-0.05, 0) is 52.1 Å². The molecule has 1 heterocycles. The van der Waals surface area contributed by atoms with E-state index in [0.29, 0.717) is 5.56 Å². The minimum absolute atomic E-state index is 0.0212. The number of para-hydroxylation sites is 1. The lowest BCUT2D eigenvalue weighted by Crippen LogP contribution is -2.22. The summed E-state index contributed by atoms with van der Waals surface area (Å²) in [6.07, 6.45) is 6.81. The quantitative estimate of drug-likeness (QED) is 0.301. The third-order valence-corrected chi connectivity index (χ3v) is 6.66. The third-order valence-electron chi connectivity index (χ3n) is 6.66. The number of carbonyl (C=O) groups excluding carboxylic acids is 1. The van der Waals surface area contributed by atoms with Gasteiger partial charge in [-0.2, -0.15) is 0 Å². The van der Waals surface area contributed by atoms with Crippen LogP contribution in [0.5, 0.6) is 0 Å². The minimum Gasteiger partial charge on any atom is -0.478 e. The van der Waals surface area contributed by atoms with Crippen molar-refractivity contribution in [2.75, 3.05) is 5.73 Å². The molecule has 34 heavy (non-hydrogen) atoms. The second-order valence-corrected chi connectivity index (χ2v) is 9.28. The van der Waals surface area contributed by atoms with Gasteiger partial charge >= 0.3 is 5.97 Å². The predicted molar refractivity (Wildman–Crippen MR) is 134 cm³/mol. The van der Waals surface area contributed by atoms with Gasteiger partial charge in [-0.15, -0.1) is 0 Å². The highest BCUT2D eigenvalue weighted by Gasteiger charge is 2.30. The Morgan fingerprint density at radius 3 is 2.50 bits per heavy atom. The van der Waals surface area contributed by atoms with Gasteiger partial charge in [0, 0.05) is 34.5 Å². The van der Waals surface area contributed by atoms with Crippen LogP contribution < -0.4 is 5.73 Å². The van der Waals surface area contributed by atoms with E-state index in [1.165, 1.54) is 6.07 Å². The van der Waals surface area contributed by atoms with Crippen LogP contribution in [0.25, 0.3) is 16.3 Å². The molecule has 1 aliphatic rings. The lowest BCUT2D eigenvalue weighted by Gasteiger charge is -2.33. The molecule has 4 aromatic rings. The first-order chi connectivity index (χ1) is 16.3. The maximum atomic E-state index is 13.4. The Labute approximate surface area is 197 Å². The summed E-state index contributed by atoms with van der Waals surface area (Å²) in [5, 5.41) is 11.6. The van der Waals surface area contributed by atoms with Crippen LogP contribution >= 0.6 is 0 Å². The van der Waals surface area contributed by atoms with Crippen molar-refractivity contribution in [2.45, 2.75) is 25.7 Å². The number of ketones is 1. The number of fused-ring (bicyclic) bond motifs is 2. The van der Waals surface area contributed by atoms with E-state index in [4.69, 9.17) is 5.73 Å². The van der Waals surface area contributed by atoms with Crippen molar-refractivity contribution >= 4 is 33.8 Å². The highest BCUT2D eigenvalue weighted by Crippen LogP contribution is 2.43. The molecule has 0 saturated heterocycles. The Morgan fingerprint density at radius 2 is 1.71 bits per heavy atom. The molecule has 5 nitrogen and oxygen atoms in total. The molecule has 5 rings (SSSR count). The van der Waals surface area contributed by atoms with Crippen LogP contribution in [-0.2, 0) is 5.41 Å². The number of hydrogen-bond donors (Lipinski definition) is 2. The van der Waals surface area contributed by atoms with E-state index in [-0.39, 0.29) is 28.0 Å². The number of aromatic carboxylic acids is 1. The Morgan fingerprint density at radius 1 is 0.941 bits per heavy atom. The first kappa shape index (κ1) is 21.6. The van der Waals surface area contributed by atoms with Gasteiger partial charge in [0.05, 0.1) is 11.3 Å². The molecule has 5 heteroatoms. The second-order valence-electron chi connectivity index (χ2n) is 9.28. The molecular formula is C29H24N2O3. The van der Waals surface area contributed by atoms with Crippen LogP contribution in [0.3, 0.4) is 0 Å². The standard InChI is InChI=1S/C29H24N2O3/c1-29(2)13-12-20(24-16-31-15-18-6-3-4-7-19(18)24)23-14-17(10-11-25(23)29)27(32)21-8-5-9-22(26(21)30)28(33)34/h3-12,14-16H,13,30H2,1-2H3,(H,33,34). The zero-order valence-corrected chi connectivity index (χ0v) is 19.0. The molecule has 0 aliphatic heterocycles. The Hall–Kier alpha value is -4.25. The Bertz CT molecular complexity index is 1510. The van der Waals surface area contributed by atoms with Gasteiger partial charge < -0.3 is 10.8 Å². The van der Waals surface area contributed by atoms with Gasteiger partial charge in [0.2, 0.25) is 0 Å². The normalized spacial score (nSPS) is 14.4. The summed E-state index contributed by atoms with van der Waals surface area (Å²) < 4.78 is 0. The molecule has 168 valence electrons. The number of anilines is 1. The molecule has 0 fully saturated rings. The fourth-order valence-corrected chi connectivity index (χ4v) is 4.77. The summed E-state index contributed by atoms with van der Waals surface area (Å²) in [4.78, 5) is 29.4. The Kier molecular flexibility index (Phi) is 5.05. The van der Waals surface area contributed by atoms with Crippen LogP contribution in [0.15, 0.2) is 79.1 Å². The first-order valence-electron chi connectivity index (χ1n) is 11.1. The van der Waals surface area contributed by atoms with Crippen LogP contribution in [0, 0.1) is 0 Å². The maximum Gasteiger partial charge on any atom is 0.337 e. The van der Waals surface area contributed by atoms with E-state index in [1.807, 2.05) is 42.7 Å². The van der Waals surface area contributed by atoms with Crippen molar-refractivity contribution in [1.29, 1.82) is 0 Å². The summed E-state index contributed by atoms with van der Waals surface area (Å²) in [6.45, 7) is 4.38. The van der Waals surface area contributed by atoms with Gasteiger partial charge in [-0.25, -0.2) is 4.79 Å². The summed E-state index contributed by atoms with van der Waals surface area (Å²) in [7, 11) is 0. The van der Waals surface area contributed by atoms with Crippen molar-refractivity contribution in [3.8, 4) is 0 Å². The molecule has 3 aromatic carbocycles. The molecule has 0 unspecified atom stereocenters. The van der Waals surface area contributed by atoms with Crippen LogP contribution in [-0.4, -0.2) is 21.8 Å². The second kappa shape index (κ2) is 7.96. The van der Waals surface area contributed by atoms with E-state index < -0.39 is 5.97 Å². The van der Waals surface area contributed by atoms with E-state index in [0.717, 1.165) is 39.5 Å². The van der Waals surface area contributed by atoms with E-state index in [9.17, 15) is 14.7 Å². The largest absolute Gasteiger partial charge is 0.478 e. The van der Waals surface area contributed by atoms with Crippen molar-refractivity contribution in [3.05, 3.63) is 113 Å². The molecule has 0 radical (unpaired) electrons.